The second-order valence-corrected chi connectivity index (χ2v) is 10.9. The minimum atomic E-state index is -1.13. The van der Waals surface area contributed by atoms with E-state index in [1.54, 1.807) is 20.9 Å². The number of hydrogen-bond acceptors (Lipinski definition) is 4. The molecular weight excluding hydrogens is 420 g/mol. The number of hydrogen-bond donors (Lipinski definition) is 1. The first-order chi connectivity index (χ1) is 15.0. The quantitative estimate of drug-likeness (QED) is 0.603. The van der Waals surface area contributed by atoms with Crippen molar-refractivity contribution in [3.8, 4) is 10.6 Å². The lowest BCUT2D eigenvalue weighted by Crippen LogP contribution is -2.66. The standard InChI is InChI=1S/C25H30N4O2S/c1-16(2)17-9-11-18(12-10-17)29-22(30)20-14-19(21-8-7-13-32-21)27-28(20)15-25(29,6)23(31)26-24(3,4)5/h7-14,16H,15H2,1-6H3,(H,26,31)/t25-/m0/s1. The van der Waals surface area contributed by atoms with Crippen LogP contribution in [0.4, 0.5) is 5.69 Å². The molecule has 168 valence electrons. The number of nitrogens with zero attached hydrogens (tertiary/aromatic N) is 3. The van der Waals surface area contributed by atoms with Crippen molar-refractivity contribution in [2.45, 2.75) is 65.1 Å². The molecule has 2 amide bonds. The number of carbonyl (C=O) groups excluding carboxylic acids is 2. The SMILES string of the molecule is CC(C)c1ccc(N2C(=O)c3cc(-c4cccs4)nn3C[C@@]2(C)C(=O)NC(C)(C)C)cc1. The van der Waals surface area contributed by atoms with Crippen molar-refractivity contribution in [2.75, 3.05) is 4.90 Å². The van der Waals surface area contributed by atoms with E-state index in [0.717, 1.165) is 10.6 Å². The Morgan fingerprint density at radius 2 is 1.88 bits per heavy atom. The molecule has 6 nitrogen and oxygen atoms in total. The molecule has 0 bridgehead atoms. The molecule has 1 atom stereocenters. The van der Waals surface area contributed by atoms with Gasteiger partial charge >= 0.3 is 0 Å². The predicted molar refractivity (Wildman–Crippen MR) is 129 cm³/mol. The molecule has 32 heavy (non-hydrogen) atoms. The van der Waals surface area contributed by atoms with E-state index >= 15 is 0 Å². The van der Waals surface area contributed by atoms with Gasteiger partial charge in [-0.15, -0.1) is 11.3 Å². The van der Waals surface area contributed by atoms with Gasteiger partial charge in [0.05, 0.1) is 11.4 Å². The molecule has 3 heterocycles. The number of anilines is 1. The second kappa shape index (κ2) is 7.89. The Morgan fingerprint density at radius 1 is 1.19 bits per heavy atom. The zero-order valence-electron chi connectivity index (χ0n) is 19.5. The van der Waals surface area contributed by atoms with Crippen molar-refractivity contribution in [1.82, 2.24) is 15.1 Å². The third-order valence-electron chi connectivity index (χ3n) is 5.72. The summed E-state index contributed by atoms with van der Waals surface area (Å²) in [5, 5.41) is 9.74. The summed E-state index contributed by atoms with van der Waals surface area (Å²) in [5.41, 5.74) is 1.57. The maximum Gasteiger partial charge on any atom is 0.277 e. The fourth-order valence-corrected chi connectivity index (χ4v) is 4.70. The Labute approximate surface area is 193 Å². The summed E-state index contributed by atoms with van der Waals surface area (Å²) in [7, 11) is 0. The van der Waals surface area contributed by atoms with Gasteiger partial charge in [-0.2, -0.15) is 5.10 Å². The number of aromatic nitrogens is 2. The second-order valence-electron chi connectivity index (χ2n) is 9.91. The minimum absolute atomic E-state index is 0.204. The maximum atomic E-state index is 13.8. The van der Waals surface area contributed by atoms with Gasteiger partial charge in [-0.25, -0.2) is 0 Å². The molecule has 0 saturated heterocycles. The highest BCUT2D eigenvalue weighted by molar-refractivity contribution is 7.13. The fourth-order valence-electron chi connectivity index (χ4n) is 4.01. The van der Waals surface area contributed by atoms with Crippen molar-refractivity contribution in [1.29, 1.82) is 0 Å². The highest BCUT2D eigenvalue weighted by atomic mass is 32.1. The predicted octanol–water partition coefficient (Wildman–Crippen LogP) is 5.07. The Bertz CT molecular complexity index is 1140. The first-order valence-electron chi connectivity index (χ1n) is 10.9. The topological polar surface area (TPSA) is 67.2 Å². The largest absolute Gasteiger partial charge is 0.349 e. The molecular formula is C25H30N4O2S. The van der Waals surface area contributed by atoms with Crippen molar-refractivity contribution >= 4 is 28.8 Å². The Kier molecular flexibility index (Phi) is 5.49. The van der Waals surface area contributed by atoms with Crippen molar-refractivity contribution in [3.63, 3.8) is 0 Å². The van der Waals surface area contributed by atoms with E-state index in [4.69, 9.17) is 0 Å². The summed E-state index contributed by atoms with van der Waals surface area (Å²) in [5.74, 6) is -0.0491. The van der Waals surface area contributed by atoms with Gasteiger partial charge in [0.2, 0.25) is 5.91 Å². The zero-order chi connectivity index (χ0) is 23.3. The Balaban J connectivity index is 1.82. The number of nitrogens with one attached hydrogen (secondary N) is 1. The van der Waals surface area contributed by atoms with Crippen LogP contribution >= 0.6 is 11.3 Å². The van der Waals surface area contributed by atoms with Gasteiger partial charge in [0.15, 0.2) is 0 Å². The lowest BCUT2D eigenvalue weighted by molar-refractivity contribution is -0.128. The molecule has 0 aliphatic carbocycles. The smallest absolute Gasteiger partial charge is 0.277 e. The molecule has 3 aromatic rings. The first kappa shape index (κ1) is 22.3. The average Bonchev–Trinajstić information content (AvgIpc) is 3.36. The number of amides is 2. The molecule has 0 radical (unpaired) electrons. The van der Waals surface area contributed by atoms with Crippen LogP contribution in [-0.4, -0.2) is 32.7 Å². The van der Waals surface area contributed by atoms with Gasteiger partial charge in [-0.1, -0.05) is 32.0 Å². The van der Waals surface area contributed by atoms with Crippen LogP contribution in [-0.2, 0) is 11.3 Å². The lowest BCUT2D eigenvalue weighted by Gasteiger charge is -2.44. The van der Waals surface area contributed by atoms with Gasteiger partial charge in [-0.3, -0.25) is 19.2 Å². The molecule has 1 aliphatic heterocycles. The van der Waals surface area contributed by atoms with Crippen LogP contribution in [0.5, 0.6) is 0 Å². The van der Waals surface area contributed by atoms with Crippen LogP contribution in [0.25, 0.3) is 10.6 Å². The number of carbonyl (C=O) groups is 2. The van der Waals surface area contributed by atoms with Gasteiger partial charge in [-0.05, 0) is 68.8 Å². The van der Waals surface area contributed by atoms with Gasteiger partial charge in [0, 0.05) is 11.2 Å². The maximum absolute atomic E-state index is 13.8. The third kappa shape index (κ3) is 3.97. The van der Waals surface area contributed by atoms with Gasteiger partial charge < -0.3 is 5.32 Å². The highest BCUT2D eigenvalue weighted by Gasteiger charge is 2.49. The first-order valence-corrected chi connectivity index (χ1v) is 11.8. The summed E-state index contributed by atoms with van der Waals surface area (Å²) < 4.78 is 1.68. The van der Waals surface area contributed by atoms with E-state index in [9.17, 15) is 9.59 Å². The number of benzene rings is 1. The highest BCUT2D eigenvalue weighted by Crippen LogP contribution is 2.35. The van der Waals surface area contributed by atoms with Crippen LogP contribution in [0.2, 0.25) is 0 Å². The zero-order valence-corrected chi connectivity index (χ0v) is 20.3. The summed E-state index contributed by atoms with van der Waals surface area (Å²) in [4.78, 5) is 30.0. The van der Waals surface area contributed by atoms with E-state index in [0.29, 0.717) is 17.3 Å². The summed E-state index contributed by atoms with van der Waals surface area (Å²) >= 11 is 1.58. The van der Waals surface area contributed by atoms with Crippen LogP contribution < -0.4 is 10.2 Å². The summed E-state index contributed by atoms with van der Waals surface area (Å²) in [6.07, 6.45) is 0. The molecule has 7 heteroatoms. The fraction of sp³-hybridized carbons (Fsp3) is 0.400. The van der Waals surface area contributed by atoms with Crippen molar-refractivity contribution < 1.29 is 9.59 Å². The van der Waals surface area contributed by atoms with Gasteiger partial charge in [0.1, 0.15) is 16.9 Å². The lowest BCUT2D eigenvalue weighted by atomic mass is 9.92. The molecule has 0 unspecified atom stereocenters. The van der Waals surface area contributed by atoms with Crippen LogP contribution in [0.3, 0.4) is 0 Å². The monoisotopic (exact) mass is 450 g/mol. The van der Waals surface area contributed by atoms with Crippen molar-refractivity contribution in [3.05, 3.63) is 59.1 Å². The van der Waals surface area contributed by atoms with E-state index < -0.39 is 11.1 Å². The van der Waals surface area contributed by atoms with E-state index in [-0.39, 0.29) is 18.4 Å². The van der Waals surface area contributed by atoms with E-state index in [1.807, 2.05) is 75.5 Å². The molecule has 1 N–H and O–H groups in total. The molecule has 0 fully saturated rings. The Morgan fingerprint density at radius 3 is 2.44 bits per heavy atom. The third-order valence-corrected chi connectivity index (χ3v) is 6.61. The number of thiophene rings is 1. The summed E-state index contributed by atoms with van der Waals surface area (Å²) in [6.45, 7) is 12.2. The molecule has 0 spiro atoms. The molecule has 4 rings (SSSR count). The van der Waals surface area contributed by atoms with E-state index in [1.165, 1.54) is 5.56 Å². The molecule has 1 aromatic carbocycles. The van der Waals surface area contributed by atoms with Crippen LogP contribution in [0.1, 0.15) is 63.5 Å². The number of rotatable bonds is 4. The summed E-state index contributed by atoms with van der Waals surface area (Å²) in [6, 6.07) is 13.7. The molecule has 2 aromatic heterocycles. The van der Waals surface area contributed by atoms with E-state index in [2.05, 4.69) is 24.3 Å². The van der Waals surface area contributed by atoms with Crippen LogP contribution in [0.15, 0.2) is 47.8 Å². The Hall–Kier alpha value is -2.93. The minimum Gasteiger partial charge on any atom is -0.349 e. The number of fused-ring (bicyclic) bond motifs is 1. The van der Waals surface area contributed by atoms with Crippen molar-refractivity contribution in [2.24, 2.45) is 0 Å². The van der Waals surface area contributed by atoms with Gasteiger partial charge in [0.25, 0.3) is 5.91 Å². The molecule has 0 saturated carbocycles. The molecule has 1 aliphatic rings. The normalized spacial score (nSPS) is 18.7. The van der Waals surface area contributed by atoms with Crippen LogP contribution in [0, 0.1) is 0 Å². The average molecular weight is 451 g/mol.